The second kappa shape index (κ2) is 4.50. The van der Waals surface area contributed by atoms with Gasteiger partial charge in [-0.15, -0.1) is 0 Å². The van der Waals surface area contributed by atoms with Crippen molar-refractivity contribution < 1.29 is 23.1 Å². The summed E-state index contributed by atoms with van der Waals surface area (Å²) in [6, 6.07) is 0. The second-order valence-corrected chi connectivity index (χ2v) is 3.70. The van der Waals surface area contributed by atoms with Crippen molar-refractivity contribution in [2.24, 2.45) is 0 Å². The largest absolute Gasteiger partial charge is 0.475 e. The molecule has 0 aliphatic rings. The van der Waals surface area contributed by atoms with Crippen LogP contribution in [0.25, 0.3) is 5.69 Å². The van der Waals surface area contributed by atoms with Crippen molar-refractivity contribution in [2.45, 2.75) is 6.18 Å². The van der Waals surface area contributed by atoms with E-state index in [0.717, 1.165) is 10.9 Å². The monoisotopic (exact) mass is 292 g/mol. The van der Waals surface area contributed by atoms with Crippen LogP contribution in [0.3, 0.4) is 0 Å². The normalized spacial score (nSPS) is 11.6. The van der Waals surface area contributed by atoms with Crippen LogP contribution in [0.5, 0.6) is 0 Å². The average Bonchev–Trinajstić information content (AvgIpc) is 2.77. The van der Waals surface area contributed by atoms with Crippen LogP contribution in [0.15, 0.2) is 18.6 Å². The highest BCUT2D eigenvalue weighted by molar-refractivity contribution is 6.31. The average molecular weight is 293 g/mol. The Morgan fingerprint density at radius 1 is 1.37 bits per heavy atom. The van der Waals surface area contributed by atoms with E-state index in [1.54, 1.807) is 0 Å². The number of hydrogen-bond acceptors (Lipinski definition) is 4. The predicted molar refractivity (Wildman–Crippen MR) is 56.1 cm³/mol. The molecule has 2 aromatic heterocycles. The zero-order chi connectivity index (χ0) is 14.2. The quantitative estimate of drug-likeness (QED) is 0.857. The summed E-state index contributed by atoms with van der Waals surface area (Å²) in [7, 11) is 0. The summed E-state index contributed by atoms with van der Waals surface area (Å²) in [6.07, 6.45) is -2.25. The number of nitrogens with zero attached hydrogens (tertiary/aromatic N) is 4. The number of alkyl halides is 3. The van der Waals surface area contributed by atoms with Crippen molar-refractivity contribution in [3.05, 3.63) is 35.1 Å². The molecule has 0 atom stereocenters. The third kappa shape index (κ3) is 2.65. The molecule has 0 amide bonds. The molecule has 0 fully saturated rings. The molecule has 2 heterocycles. The Hall–Kier alpha value is -2.16. The Kier molecular flexibility index (Phi) is 3.14. The van der Waals surface area contributed by atoms with Gasteiger partial charge in [-0.25, -0.2) is 19.4 Å². The Labute approximate surface area is 108 Å². The Morgan fingerprint density at radius 2 is 2.05 bits per heavy atom. The van der Waals surface area contributed by atoms with Crippen molar-refractivity contribution >= 4 is 17.6 Å². The maximum absolute atomic E-state index is 12.4. The molecular weight excluding hydrogens is 289 g/mol. The van der Waals surface area contributed by atoms with E-state index in [1.807, 2.05) is 0 Å². The molecule has 1 N–H and O–H groups in total. The van der Waals surface area contributed by atoms with Crippen molar-refractivity contribution in [3.8, 4) is 5.69 Å². The second-order valence-electron chi connectivity index (χ2n) is 3.35. The molecule has 0 unspecified atom stereocenters. The van der Waals surface area contributed by atoms with Gasteiger partial charge in [0.2, 0.25) is 5.82 Å². The molecule has 2 rings (SSSR count). The van der Waals surface area contributed by atoms with Gasteiger partial charge >= 0.3 is 12.1 Å². The van der Waals surface area contributed by atoms with Crippen LogP contribution in [0.2, 0.25) is 5.15 Å². The molecule has 2 aromatic rings. The first-order valence-corrected chi connectivity index (χ1v) is 5.05. The number of aromatic carboxylic acids is 1. The maximum atomic E-state index is 12.4. The molecule has 0 spiro atoms. The number of rotatable bonds is 2. The van der Waals surface area contributed by atoms with Crippen LogP contribution < -0.4 is 0 Å². The standard InChI is InChI=1S/C9H4ClF3N4O2/c10-6-5(2-14-7(16-6)8(18)19)17-3-4(1-15-17)9(11,12)13/h1-3H,(H,18,19). The van der Waals surface area contributed by atoms with E-state index in [4.69, 9.17) is 16.7 Å². The summed E-state index contributed by atoms with van der Waals surface area (Å²) in [4.78, 5) is 17.5. The van der Waals surface area contributed by atoms with Crippen LogP contribution >= 0.6 is 11.6 Å². The summed E-state index contributed by atoms with van der Waals surface area (Å²) in [5, 5.41) is 11.8. The van der Waals surface area contributed by atoms with Crippen LogP contribution in [0.1, 0.15) is 16.2 Å². The highest BCUT2D eigenvalue weighted by atomic mass is 35.5. The van der Waals surface area contributed by atoms with Gasteiger partial charge in [-0.2, -0.15) is 18.3 Å². The third-order valence-corrected chi connectivity index (χ3v) is 2.35. The molecular formula is C9H4ClF3N4O2. The molecule has 0 radical (unpaired) electrons. The van der Waals surface area contributed by atoms with Gasteiger partial charge in [0, 0.05) is 6.20 Å². The number of aromatic nitrogens is 4. The molecule has 10 heteroatoms. The van der Waals surface area contributed by atoms with Crippen LogP contribution in [-0.2, 0) is 6.18 Å². The lowest BCUT2D eigenvalue weighted by Crippen LogP contribution is -2.07. The molecule has 0 saturated heterocycles. The zero-order valence-electron chi connectivity index (χ0n) is 8.89. The van der Waals surface area contributed by atoms with Crippen molar-refractivity contribution in [3.63, 3.8) is 0 Å². The fraction of sp³-hybridized carbons (Fsp3) is 0.111. The number of carboxylic acid groups (broad SMARTS) is 1. The first-order valence-electron chi connectivity index (χ1n) is 4.67. The van der Waals surface area contributed by atoms with Gasteiger partial charge in [-0.3, -0.25) is 0 Å². The van der Waals surface area contributed by atoms with Gasteiger partial charge < -0.3 is 5.11 Å². The summed E-state index contributed by atoms with van der Waals surface area (Å²) in [6.45, 7) is 0. The van der Waals surface area contributed by atoms with Crippen LogP contribution in [-0.4, -0.2) is 30.8 Å². The number of carbonyl (C=O) groups is 1. The van der Waals surface area contributed by atoms with E-state index in [0.29, 0.717) is 12.4 Å². The van der Waals surface area contributed by atoms with Crippen molar-refractivity contribution in [1.82, 2.24) is 19.7 Å². The minimum absolute atomic E-state index is 0.0535. The molecule has 6 nitrogen and oxygen atoms in total. The Balaban J connectivity index is 2.43. The Bertz CT molecular complexity index is 641. The first kappa shape index (κ1) is 13.3. The van der Waals surface area contributed by atoms with Gasteiger partial charge in [0.15, 0.2) is 5.15 Å². The summed E-state index contributed by atoms with van der Waals surface area (Å²) in [5.41, 5.74) is -1.02. The summed E-state index contributed by atoms with van der Waals surface area (Å²) < 4.78 is 38.0. The Morgan fingerprint density at radius 3 is 2.53 bits per heavy atom. The zero-order valence-corrected chi connectivity index (χ0v) is 9.64. The van der Waals surface area contributed by atoms with E-state index in [2.05, 4.69) is 15.1 Å². The van der Waals surface area contributed by atoms with Gasteiger partial charge in [-0.1, -0.05) is 11.6 Å². The summed E-state index contributed by atoms with van der Waals surface area (Å²) in [5.74, 6) is -1.96. The van der Waals surface area contributed by atoms with E-state index >= 15 is 0 Å². The lowest BCUT2D eigenvalue weighted by Gasteiger charge is -2.04. The molecule has 100 valence electrons. The van der Waals surface area contributed by atoms with Crippen LogP contribution in [0.4, 0.5) is 13.2 Å². The molecule has 0 aliphatic heterocycles. The minimum Gasteiger partial charge on any atom is -0.475 e. The van der Waals surface area contributed by atoms with E-state index in [-0.39, 0.29) is 10.8 Å². The third-order valence-electron chi connectivity index (χ3n) is 2.07. The van der Waals surface area contributed by atoms with Crippen molar-refractivity contribution in [1.29, 1.82) is 0 Å². The number of hydrogen-bond donors (Lipinski definition) is 1. The number of carboxylic acids is 1. The SMILES string of the molecule is O=C(O)c1ncc(-n2cc(C(F)(F)F)cn2)c(Cl)n1. The molecule has 0 bridgehead atoms. The topological polar surface area (TPSA) is 80.9 Å². The van der Waals surface area contributed by atoms with Gasteiger partial charge in [0.25, 0.3) is 0 Å². The summed E-state index contributed by atoms with van der Waals surface area (Å²) >= 11 is 5.67. The first-order chi connectivity index (χ1) is 8.79. The smallest absolute Gasteiger partial charge is 0.419 e. The molecule has 19 heavy (non-hydrogen) atoms. The fourth-order valence-corrected chi connectivity index (χ4v) is 1.43. The highest BCUT2D eigenvalue weighted by Gasteiger charge is 2.32. The van der Waals surface area contributed by atoms with Crippen LogP contribution in [0, 0.1) is 0 Å². The van der Waals surface area contributed by atoms with E-state index in [1.165, 1.54) is 0 Å². The van der Waals surface area contributed by atoms with E-state index in [9.17, 15) is 18.0 Å². The molecule has 0 saturated carbocycles. The van der Waals surface area contributed by atoms with Gasteiger partial charge in [0.05, 0.1) is 18.0 Å². The predicted octanol–water partition coefficient (Wildman–Crippen LogP) is 2.03. The molecule has 0 aromatic carbocycles. The maximum Gasteiger partial charge on any atom is 0.419 e. The molecule has 0 aliphatic carbocycles. The van der Waals surface area contributed by atoms with Gasteiger partial charge in [0.1, 0.15) is 5.69 Å². The van der Waals surface area contributed by atoms with E-state index < -0.39 is 23.5 Å². The highest BCUT2D eigenvalue weighted by Crippen LogP contribution is 2.29. The fourth-order valence-electron chi connectivity index (χ4n) is 1.21. The minimum atomic E-state index is -4.54. The lowest BCUT2D eigenvalue weighted by molar-refractivity contribution is -0.137. The lowest BCUT2D eigenvalue weighted by atomic mass is 10.3. The van der Waals surface area contributed by atoms with Gasteiger partial charge in [-0.05, 0) is 0 Å². The number of halogens is 4. The van der Waals surface area contributed by atoms with Crippen molar-refractivity contribution in [2.75, 3.05) is 0 Å².